The smallest absolute Gasteiger partial charge is 0.0950 e. The van der Waals surface area contributed by atoms with Crippen LogP contribution < -0.4 is 5.32 Å². The Morgan fingerprint density at radius 1 is 1.24 bits per heavy atom. The van der Waals surface area contributed by atoms with E-state index in [1.165, 1.54) is 37.8 Å². The van der Waals surface area contributed by atoms with Crippen molar-refractivity contribution in [2.24, 2.45) is 5.92 Å². The fraction of sp³-hybridized carbons (Fsp3) is 0.786. The molecule has 0 spiro atoms. The van der Waals surface area contributed by atoms with Crippen molar-refractivity contribution in [3.63, 3.8) is 0 Å². The molecule has 1 unspecified atom stereocenters. The van der Waals surface area contributed by atoms with Gasteiger partial charge in [0.25, 0.3) is 0 Å². The number of nitrogens with zero attached hydrogens (tertiary/aromatic N) is 2. The minimum absolute atomic E-state index is 0.692. The van der Waals surface area contributed by atoms with Crippen LogP contribution in [0, 0.1) is 5.92 Å². The second kappa shape index (κ2) is 4.81. The van der Waals surface area contributed by atoms with Gasteiger partial charge in [-0.15, -0.1) is 0 Å². The highest BCUT2D eigenvalue weighted by molar-refractivity contribution is 5.10. The van der Waals surface area contributed by atoms with E-state index in [2.05, 4.69) is 34.3 Å². The van der Waals surface area contributed by atoms with Gasteiger partial charge in [0.15, 0.2) is 0 Å². The van der Waals surface area contributed by atoms with E-state index in [4.69, 9.17) is 0 Å². The Labute approximate surface area is 104 Å². The molecule has 1 aromatic rings. The summed E-state index contributed by atoms with van der Waals surface area (Å²) in [5.41, 5.74) is 1.47. The summed E-state index contributed by atoms with van der Waals surface area (Å²) in [5, 5.41) is 3.46. The summed E-state index contributed by atoms with van der Waals surface area (Å²) in [5.74, 6) is 1.61. The Morgan fingerprint density at radius 2 is 2.06 bits per heavy atom. The van der Waals surface area contributed by atoms with Crippen LogP contribution >= 0.6 is 0 Å². The molecule has 1 N–H and O–H groups in total. The number of nitrogens with one attached hydrogen (secondary N) is 1. The average Bonchev–Trinajstić information content (AvgIpc) is 3.00. The lowest BCUT2D eigenvalue weighted by molar-refractivity contribution is 0.283. The second-order valence-corrected chi connectivity index (χ2v) is 5.83. The molecule has 3 nitrogen and oxygen atoms in total. The number of aromatic nitrogens is 2. The molecule has 94 valence electrons. The Morgan fingerprint density at radius 3 is 2.76 bits per heavy atom. The molecule has 1 atom stereocenters. The number of rotatable bonds is 2. The molecule has 1 aliphatic heterocycles. The summed E-state index contributed by atoms with van der Waals surface area (Å²) in [6.45, 7) is 4.68. The largest absolute Gasteiger partial charge is 0.331 e. The Hall–Kier alpha value is -0.830. The van der Waals surface area contributed by atoms with Gasteiger partial charge in [0.2, 0.25) is 0 Å². The summed E-state index contributed by atoms with van der Waals surface area (Å²) in [6, 6.07) is 0.712. The maximum Gasteiger partial charge on any atom is 0.0950 e. The van der Waals surface area contributed by atoms with Crippen molar-refractivity contribution in [3.05, 3.63) is 18.2 Å². The molecule has 3 heteroatoms. The number of hydrogen-bond acceptors (Lipinski definition) is 2. The van der Waals surface area contributed by atoms with Crippen molar-refractivity contribution >= 4 is 0 Å². The molecular formula is C14H23N3. The van der Waals surface area contributed by atoms with E-state index in [9.17, 15) is 0 Å². The monoisotopic (exact) mass is 233 g/mol. The van der Waals surface area contributed by atoms with Crippen LogP contribution in [0.5, 0.6) is 0 Å². The van der Waals surface area contributed by atoms with Gasteiger partial charge in [-0.05, 0) is 44.6 Å². The molecule has 2 aliphatic rings. The van der Waals surface area contributed by atoms with Crippen LogP contribution in [0.3, 0.4) is 0 Å². The van der Waals surface area contributed by atoms with Crippen LogP contribution in [-0.2, 0) is 0 Å². The van der Waals surface area contributed by atoms with Gasteiger partial charge in [-0.2, -0.15) is 0 Å². The zero-order chi connectivity index (χ0) is 11.7. The van der Waals surface area contributed by atoms with Crippen LogP contribution in [0.15, 0.2) is 12.5 Å². The Kier molecular flexibility index (Phi) is 3.19. The molecular weight excluding hydrogens is 210 g/mol. The minimum atomic E-state index is 0.692. The zero-order valence-electron chi connectivity index (χ0n) is 10.7. The van der Waals surface area contributed by atoms with E-state index in [0.717, 1.165) is 19.0 Å². The first-order valence-corrected chi connectivity index (χ1v) is 7.07. The van der Waals surface area contributed by atoms with E-state index < -0.39 is 0 Å². The van der Waals surface area contributed by atoms with Gasteiger partial charge >= 0.3 is 0 Å². The van der Waals surface area contributed by atoms with E-state index >= 15 is 0 Å². The topological polar surface area (TPSA) is 29.9 Å². The average molecular weight is 233 g/mol. The fourth-order valence-electron chi connectivity index (χ4n) is 3.36. The van der Waals surface area contributed by atoms with Gasteiger partial charge in [-0.3, -0.25) is 0 Å². The first kappa shape index (κ1) is 11.3. The normalized spacial score (nSPS) is 34.1. The maximum atomic E-state index is 4.40. The Balaban J connectivity index is 1.76. The molecule has 2 heterocycles. The van der Waals surface area contributed by atoms with Crippen molar-refractivity contribution < 1.29 is 0 Å². The molecule has 0 amide bonds. The molecule has 0 aromatic carbocycles. The number of hydrogen-bond donors (Lipinski definition) is 1. The maximum absolute atomic E-state index is 4.40. The van der Waals surface area contributed by atoms with E-state index in [0.29, 0.717) is 12.0 Å². The summed E-state index contributed by atoms with van der Waals surface area (Å²) in [4.78, 5) is 4.40. The van der Waals surface area contributed by atoms with Crippen molar-refractivity contribution in [1.29, 1.82) is 0 Å². The predicted molar refractivity (Wildman–Crippen MR) is 69.1 cm³/mol. The molecule has 17 heavy (non-hydrogen) atoms. The van der Waals surface area contributed by atoms with Crippen molar-refractivity contribution in [1.82, 2.24) is 14.9 Å². The van der Waals surface area contributed by atoms with Crippen LogP contribution in [0.25, 0.3) is 0 Å². The van der Waals surface area contributed by atoms with E-state index in [1.54, 1.807) is 0 Å². The van der Waals surface area contributed by atoms with Gasteiger partial charge in [0, 0.05) is 30.4 Å². The molecule has 1 saturated heterocycles. The molecule has 0 radical (unpaired) electrons. The standard InChI is InChI=1S/C14H23N3/c1-11-2-4-13(5-3-11)17-10-16-9-14(17)12-6-7-15-8-12/h9-13,15H,2-8H2,1H3. The first-order chi connectivity index (χ1) is 8.34. The molecule has 1 aromatic heterocycles. The van der Waals surface area contributed by atoms with E-state index in [1.807, 2.05) is 0 Å². The van der Waals surface area contributed by atoms with Crippen molar-refractivity contribution in [3.8, 4) is 0 Å². The fourth-order valence-corrected chi connectivity index (χ4v) is 3.36. The van der Waals surface area contributed by atoms with Crippen LogP contribution in [0.1, 0.15) is 56.7 Å². The third kappa shape index (κ3) is 2.25. The number of imidazole rings is 1. The third-order valence-electron chi connectivity index (χ3n) is 4.55. The highest BCUT2D eigenvalue weighted by Gasteiger charge is 2.25. The molecule has 0 bridgehead atoms. The lowest BCUT2D eigenvalue weighted by Crippen LogP contribution is -2.19. The molecule has 1 aliphatic carbocycles. The predicted octanol–water partition coefficient (Wildman–Crippen LogP) is 2.71. The second-order valence-electron chi connectivity index (χ2n) is 5.83. The summed E-state index contributed by atoms with van der Waals surface area (Å²) in [6.07, 6.45) is 10.9. The van der Waals surface area contributed by atoms with Crippen LogP contribution in [0.4, 0.5) is 0 Å². The Bertz CT molecular complexity index is 357. The van der Waals surface area contributed by atoms with Crippen LogP contribution in [0.2, 0.25) is 0 Å². The quantitative estimate of drug-likeness (QED) is 0.851. The third-order valence-corrected chi connectivity index (χ3v) is 4.55. The molecule has 3 rings (SSSR count). The van der Waals surface area contributed by atoms with Crippen molar-refractivity contribution in [2.45, 2.75) is 51.0 Å². The van der Waals surface area contributed by atoms with Crippen LogP contribution in [-0.4, -0.2) is 22.6 Å². The molecule has 2 fully saturated rings. The molecule has 1 saturated carbocycles. The lowest BCUT2D eigenvalue weighted by Gasteiger charge is -2.29. The summed E-state index contributed by atoms with van der Waals surface area (Å²) >= 11 is 0. The first-order valence-electron chi connectivity index (χ1n) is 7.07. The van der Waals surface area contributed by atoms with Gasteiger partial charge in [-0.25, -0.2) is 4.98 Å². The highest BCUT2D eigenvalue weighted by Crippen LogP contribution is 2.34. The van der Waals surface area contributed by atoms with Gasteiger partial charge < -0.3 is 9.88 Å². The van der Waals surface area contributed by atoms with Crippen molar-refractivity contribution in [2.75, 3.05) is 13.1 Å². The van der Waals surface area contributed by atoms with Gasteiger partial charge in [0.1, 0.15) is 0 Å². The minimum Gasteiger partial charge on any atom is -0.331 e. The lowest BCUT2D eigenvalue weighted by atomic mass is 9.87. The van der Waals surface area contributed by atoms with Gasteiger partial charge in [0.05, 0.1) is 6.33 Å². The zero-order valence-corrected chi connectivity index (χ0v) is 10.7. The highest BCUT2D eigenvalue weighted by atomic mass is 15.1. The summed E-state index contributed by atoms with van der Waals surface area (Å²) in [7, 11) is 0. The van der Waals surface area contributed by atoms with E-state index in [-0.39, 0.29) is 0 Å². The van der Waals surface area contributed by atoms with Gasteiger partial charge in [-0.1, -0.05) is 6.92 Å². The summed E-state index contributed by atoms with van der Waals surface area (Å²) < 4.78 is 2.48. The SMILES string of the molecule is CC1CCC(n2cncc2C2CCNC2)CC1.